The second-order valence-corrected chi connectivity index (χ2v) is 20.8. The van der Waals surface area contributed by atoms with Gasteiger partial charge in [-0.25, -0.2) is 14.3 Å². The van der Waals surface area contributed by atoms with E-state index in [4.69, 9.17) is 43.2 Å². The number of nitrogens with zero attached hydrogens (tertiary/aromatic N) is 6. The van der Waals surface area contributed by atoms with Gasteiger partial charge in [-0.05, 0) is 67.6 Å². The quantitative estimate of drug-likeness (QED) is 0.0961. The fourth-order valence-electron chi connectivity index (χ4n) is 6.72. The summed E-state index contributed by atoms with van der Waals surface area (Å²) in [6.07, 6.45) is 1.89. The number of fused-ring (bicyclic) bond motifs is 1. The maximum absolute atomic E-state index is 11.9. The SMILES string of the molecule is CCCC(CO[Si](C)(C)C(C)(C)C)Oc1nc(N(Cc2ccc(OC)cc2OC)Cc2ccc(OC)cc2OC)c2ncc(C(O)C3CCN(C(=O)O)CC3)n2n1. The Morgan fingerprint density at radius 3 is 2.02 bits per heavy atom. The van der Waals surface area contributed by atoms with Gasteiger partial charge in [0, 0.05) is 49.4 Å². The van der Waals surface area contributed by atoms with Crippen molar-refractivity contribution in [2.75, 3.05) is 53.0 Å². The van der Waals surface area contributed by atoms with E-state index in [1.807, 2.05) is 41.3 Å². The summed E-state index contributed by atoms with van der Waals surface area (Å²) in [5.41, 5.74) is 2.58. The molecule has 2 N–H and O–H groups in total. The zero-order valence-electron chi connectivity index (χ0n) is 35.1. The largest absolute Gasteiger partial charge is 0.497 e. The molecule has 2 unspecified atom stereocenters. The standard InChI is InChI=1S/C41H60N6O9Si/c1-11-12-32(26-55-57(9,10)41(2,3)4)56-39-43-38(37-42-23-33(47(37)44-39)36(48)27-17-19-45(20-18-27)40(49)50)46(24-28-13-15-30(51-5)21-34(28)53-7)25-29-14-16-31(52-6)22-35(29)54-8/h13-16,21-23,27,32,36,48H,11-12,17-20,24-26H2,1-10H3,(H,49,50). The molecule has 0 saturated carbocycles. The Kier molecular flexibility index (Phi) is 14.2. The molecule has 0 spiro atoms. The third-order valence-electron chi connectivity index (χ3n) is 11.2. The summed E-state index contributed by atoms with van der Waals surface area (Å²) in [6.45, 7) is 14.8. The molecule has 4 aromatic rings. The number of anilines is 1. The van der Waals surface area contributed by atoms with Crippen molar-refractivity contribution in [2.45, 2.75) is 96.8 Å². The lowest BCUT2D eigenvalue weighted by Gasteiger charge is -2.37. The van der Waals surface area contributed by atoms with Crippen molar-refractivity contribution in [3.63, 3.8) is 0 Å². The molecule has 1 fully saturated rings. The molecule has 0 radical (unpaired) electrons. The van der Waals surface area contributed by atoms with Crippen molar-refractivity contribution in [1.82, 2.24) is 24.5 Å². The highest BCUT2D eigenvalue weighted by molar-refractivity contribution is 6.74. The number of benzene rings is 2. The van der Waals surface area contributed by atoms with Crippen LogP contribution in [0.15, 0.2) is 42.6 Å². The lowest BCUT2D eigenvalue weighted by Crippen LogP contribution is -2.43. The molecule has 5 rings (SSSR count). The van der Waals surface area contributed by atoms with Crippen LogP contribution in [0.4, 0.5) is 10.6 Å². The first-order valence-electron chi connectivity index (χ1n) is 19.5. The molecule has 1 saturated heterocycles. The van der Waals surface area contributed by atoms with E-state index >= 15 is 0 Å². The van der Waals surface area contributed by atoms with E-state index in [-0.39, 0.29) is 23.1 Å². The van der Waals surface area contributed by atoms with Gasteiger partial charge in [0.15, 0.2) is 19.8 Å². The Morgan fingerprint density at radius 1 is 0.947 bits per heavy atom. The number of amides is 1. The Morgan fingerprint density at radius 2 is 1.53 bits per heavy atom. The van der Waals surface area contributed by atoms with Crippen LogP contribution in [-0.4, -0.2) is 103 Å². The molecule has 1 aliphatic rings. The van der Waals surface area contributed by atoms with Crippen LogP contribution in [0, 0.1) is 5.92 Å². The number of hydrogen-bond acceptors (Lipinski definition) is 12. The first-order chi connectivity index (χ1) is 27.1. The third kappa shape index (κ3) is 10.2. The van der Waals surface area contributed by atoms with Crippen molar-refractivity contribution < 1.29 is 43.1 Å². The summed E-state index contributed by atoms with van der Waals surface area (Å²) < 4.78 is 37.6. The molecule has 0 bridgehead atoms. The van der Waals surface area contributed by atoms with E-state index in [0.717, 1.165) is 17.5 Å². The van der Waals surface area contributed by atoms with Crippen LogP contribution in [0.1, 0.15) is 76.3 Å². The van der Waals surface area contributed by atoms with Crippen molar-refractivity contribution in [3.8, 4) is 29.0 Å². The fraction of sp³-hybridized carbons (Fsp3) is 0.561. The van der Waals surface area contributed by atoms with Crippen LogP contribution in [0.3, 0.4) is 0 Å². The monoisotopic (exact) mass is 808 g/mol. The minimum Gasteiger partial charge on any atom is -0.497 e. The molecule has 57 heavy (non-hydrogen) atoms. The van der Waals surface area contributed by atoms with Gasteiger partial charge < -0.3 is 48.1 Å². The minimum atomic E-state index is -2.11. The summed E-state index contributed by atoms with van der Waals surface area (Å²) >= 11 is 0. The zero-order valence-corrected chi connectivity index (χ0v) is 36.1. The van der Waals surface area contributed by atoms with Gasteiger partial charge in [-0.1, -0.05) is 34.1 Å². The van der Waals surface area contributed by atoms with Crippen molar-refractivity contribution in [1.29, 1.82) is 0 Å². The van der Waals surface area contributed by atoms with Crippen molar-refractivity contribution >= 4 is 25.9 Å². The van der Waals surface area contributed by atoms with Gasteiger partial charge in [0.05, 0.1) is 46.9 Å². The number of aromatic nitrogens is 4. The molecule has 2 aromatic heterocycles. The van der Waals surface area contributed by atoms with E-state index < -0.39 is 20.5 Å². The number of carboxylic acid groups (broad SMARTS) is 1. The van der Waals surface area contributed by atoms with E-state index in [1.165, 1.54) is 4.90 Å². The third-order valence-corrected chi connectivity index (χ3v) is 15.7. The lowest BCUT2D eigenvalue weighted by molar-refractivity contribution is 0.0535. The summed E-state index contributed by atoms with van der Waals surface area (Å²) in [4.78, 5) is 25.0. The molecule has 1 amide bonds. The number of rotatable bonds is 18. The molecule has 2 atom stereocenters. The Balaban J connectivity index is 1.65. The number of likely N-dealkylation sites (tertiary alicyclic amines) is 1. The Hall–Kier alpha value is -4.80. The van der Waals surface area contributed by atoms with Gasteiger partial charge in [-0.3, -0.25) is 0 Å². The van der Waals surface area contributed by atoms with Gasteiger partial charge in [0.25, 0.3) is 0 Å². The highest BCUT2D eigenvalue weighted by atomic mass is 28.4. The number of aliphatic hydroxyl groups is 1. The fourth-order valence-corrected chi connectivity index (χ4v) is 7.76. The van der Waals surface area contributed by atoms with Gasteiger partial charge in [0.2, 0.25) is 0 Å². The van der Waals surface area contributed by atoms with Crippen LogP contribution in [0.25, 0.3) is 5.65 Å². The first kappa shape index (κ1) is 43.3. The first-order valence-corrected chi connectivity index (χ1v) is 22.4. The van der Waals surface area contributed by atoms with Crippen LogP contribution in [0.5, 0.6) is 29.0 Å². The predicted octanol–water partition coefficient (Wildman–Crippen LogP) is 7.36. The van der Waals surface area contributed by atoms with Gasteiger partial charge in [0.1, 0.15) is 35.2 Å². The Bertz CT molecular complexity index is 1900. The van der Waals surface area contributed by atoms with E-state index in [0.29, 0.717) is 92.2 Å². The number of ether oxygens (including phenoxy) is 5. The molecule has 15 nitrogen and oxygen atoms in total. The zero-order chi connectivity index (χ0) is 41.5. The number of imidazole rings is 1. The number of piperidine rings is 1. The van der Waals surface area contributed by atoms with E-state index in [1.54, 1.807) is 39.2 Å². The second-order valence-electron chi connectivity index (χ2n) is 16.0. The smallest absolute Gasteiger partial charge is 0.407 e. The molecule has 1 aliphatic heterocycles. The van der Waals surface area contributed by atoms with Crippen LogP contribution >= 0.6 is 0 Å². The van der Waals surface area contributed by atoms with Crippen LogP contribution in [-0.2, 0) is 17.5 Å². The summed E-state index contributed by atoms with van der Waals surface area (Å²) in [5.74, 6) is 2.80. The van der Waals surface area contributed by atoms with Gasteiger partial charge >= 0.3 is 12.1 Å². The van der Waals surface area contributed by atoms with Gasteiger partial charge in [-0.15, -0.1) is 5.10 Å². The van der Waals surface area contributed by atoms with Crippen LogP contribution < -0.4 is 28.6 Å². The maximum Gasteiger partial charge on any atom is 0.407 e. The van der Waals surface area contributed by atoms with E-state index in [2.05, 4.69) is 40.8 Å². The number of methoxy groups -OCH3 is 4. The van der Waals surface area contributed by atoms with Gasteiger partial charge in [-0.2, -0.15) is 4.98 Å². The molecular weight excluding hydrogens is 749 g/mol. The molecule has 312 valence electrons. The minimum absolute atomic E-state index is 0.0142. The second kappa shape index (κ2) is 18.6. The van der Waals surface area contributed by atoms with Crippen molar-refractivity contribution in [3.05, 3.63) is 59.4 Å². The summed E-state index contributed by atoms with van der Waals surface area (Å²) in [6, 6.07) is 11.4. The lowest BCUT2D eigenvalue weighted by atomic mass is 9.90. The summed E-state index contributed by atoms with van der Waals surface area (Å²) in [7, 11) is 4.35. The average Bonchev–Trinajstić information content (AvgIpc) is 3.63. The van der Waals surface area contributed by atoms with Crippen molar-refractivity contribution in [2.24, 2.45) is 5.92 Å². The number of hydrogen-bond donors (Lipinski definition) is 2. The molecular formula is C41H60N6O9Si. The molecule has 0 aliphatic carbocycles. The molecule has 16 heteroatoms. The topological polar surface area (TPSA) is 162 Å². The average molecular weight is 809 g/mol. The normalized spacial score (nSPS) is 15.0. The highest BCUT2D eigenvalue weighted by Crippen LogP contribution is 2.38. The van der Waals surface area contributed by atoms with Crippen LogP contribution in [0.2, 0.25) is 18.1 Å². The Labute approximate surface area is 336 Å². The maximum atomic E-state index is 11.9. The highest BCUT2D eigenvalue weighted by Gasteiger charge is 2.38. The molecule has 2 aromatic carbocycles. The molecule has 3 heterocycles. The number of carbonyl (C=O) groups is 1. The predicted molar refractivity (Wildman–Crippen MR) is 220 cm³/mol. The summed E-state index contributed by atoms with van der Waals surface area (Å²) in [5, 5.41) is 26.3. The number of aliphatic hydroxyl groups excluding tert-OH is 1. The van der Waals surface area contributed by atoms with E-state index in [9.17, 15) is 15.0 Å².